The number of hydrogen-bond donors (Lipinski definition) is 1. The fourth-order valence-corrected chi connectivity index (χ4v) is 3.22. The molecule has 0 bridgehead atoms. The molecule has 1 heterocycles. The van der Waals surface area contributed by atoms with Gasteiger partial charge in [0.2, 0.25) is 5.91 Å². The summed E-state index contributed by atoms with van der Waals surface area (Å²) in [5, 5.41) is 3.30. The van der Waals surface area contributed by atoms with Crippen molar-refractivity contribution in [2.75, 3.05) is 26.2 Å². The number of nitrogens with zero attached hydrogens (tertiary/aromatic N) is 1. The Bertz CT molecular complexity index is 492. The van der Waals surface area contributed by atoms with Gasteiger partial charge in [-0.2, -0.15) is 0 Å². The Labute approximate surface area is 135 Å². The van der Waals surface area contributed by atoms with Crippen LogP contribution >= 0.6 is 0 Å². The standard InChI is InChI=1S/C19H30N2O/c1-4-16-6-7-17(5-2)18(14-16)12-15(3)13-19(22)21-10-8-20-9-11-21/h6-7,14-15,20H,4-5,8-13H2,1-3H3. The molecule has 0 aromatic heterocycles. The van der Waals surface area contributed by atoms with E-state index in [2.05, 4.69) is 44.3 Å². The quantitative estimate of drug-likeness (QED) is 0.876. The topological polar surface area (TPSA) is 32.3 Å². The number of nitrogens with one attached hydrogen (secondary N) is 1. The highest BCUT2D eigenvalue weighted by atomic mass is 16.2. The lowest BCUT2D eigenvalue weighted by Crippen LogP contribution is -2.46. The van der Waals surface area contributed by atoms with E-state index in [1.165, 1.54) is 16.7 Å². The van der Waals surface area contributed by atoms with E-state index in [1.54, 1.807) is 0 Å². The van der Waals surface area contributed by atoms with Crippen molar-refractivity contribution in [2.24, 2.45) is 5.92 Å². The van der Waals surface area contributed by atoms with Gasteiger partial charge in [0.1, 0.15) is 0 Å². The molecule has 1 aliphatic rings. The summed E-state index contributed by atoms with van der Waals surface area (Å²) in [5.41, 5.74) is 4.26. The van der Waals surface area contributed by atoms with Gasteiger partial charge in [0, 0.05) is 32.6 Å². The molecule has 1 unspecified atom stereocenters. The number of amides is 1. The zero-order valence-corrected chi connectivity index (χ0v) is 14.3. The monoisotopic (exact) mass is 302 g/mol. The molecule has 1 aromatic carbocycles. The molecule has 122 valence electrons. The Morgan fingerprint density at radius 2 is 1.91 bits per heavy atom. The Morgan fingerprint density at radius 1 is 1.18 bits per heavy atom. The Balaban J connectivity index is 1.95. The van der Waals surface area contributed by atoms with Gasteiger partial charge in [0.25, 0.3) is 0 Å². The van der Waals surface area contributed by atoms with Gasteiger partial charge in [-0.05, 0) is 41.9 Å². The first-order valence-corrected chi connectivity index (χ1v) is 8.73. The van der Waals surface area contributed by atoms with Crippen LogP contribution in [0.2, 0.25) is 0 Å². The predicted molar refractivity (Wildman–Crippen MR) is 92.1 cm³/mol. The van der Waals surface area contributed by atoms with Crippen LogP contribution in [-0.4, -0.2) is 37.0 Å². The number of carbonyl (C=O) groups excluding carboxylic acids is 1. The molecule has 0 radical (unpaired) electrons. The van der Waals surface area contributed by atoms with Crippen molar-refractivity contribution in [2.45, 2.75) is 46.5 Å². The van der Waals surface area contributed by atoms with E-state index in [9.17, 15) is 4.79 Å². The largest absolute Gasteiger partial charge is 0.340 e. The Morgan fingerprint density at radius 3 is 2.55 bits per heavy atom. The van der Waals surface area contributed by atoms with Crippen molar-refractivity contribution in [3.8, 4) is 0 Å². The highest BCUT2D eigenvalue weighted by molar-refractivity contribution is 5.76. The molecule has 0 aliphatic carbocycles. The Kier molecular flexibility index (Phi) is 6.44. The number of benzene rings is 1. The van der Waals surface area contributed by atoms with E-state index < -0.39 is 0 Å². The van der Waals surface area contributed by atoms with Crippen molar-refractivity contribution >= 4 is 5.91 Å². The van der Waals surface area contributed by atoms with Crippen LogP contribution in [-0.2, 0) is 24.1 Å². The predicted octanol–water partition coefficient (Wildman–Crippen LogP) is 2.81. The summed E-state index contributed by atoms with van der Waals surface area (Å²) >= 11 is 0. The SMILES string of the molecule is CCc1ccc(CC)c(CC(C)CC(=O)N2CCNCC2)c1. The summed E-state index contributed by atoms with van der Waals surface area (Å²) < 4.78 is 0. The van der Waals surface area contributed by atoms with E-state index >= 15 is 0 Å². The van der Waals surface area contributed by atoms with E-state index in [0.717, 1.165) is 45.4 Å². The molecule has 2 rings (SSSR count). The van der Waals surface area contributed by atoms with E-state index in [-0.39, 0.29) is 0 Å². The van der Waals surface area contributed by atoms with Gasteiger partial charge in [-0.3, -0.25) is 4.79 Å². The number of rotatable bonds is 6. The van der Waals surface area contributed by atoms with Crippen molar-refractivity contribution in [1.82, 2.24) is 10.2 Å². The minimum atomic E-state index is 0.318. The fourth-order valence-electron chi connectivity index (χ4n) is 3.22. The van der Waals surface area contributed by atoms with Gasteiger partial charge in [-0.15, -0.1) is 0 Å². The summed E-state index contributed by atoms with van der Waals surface area (Å²) in [5.74, 6) is 0.721. The molecule has 1 amide bonds. The minimum Gasteiger partial charge on any atom is -0.340 e. The molecule has 1 saturated heterocycles. The van der Waals surface area contributed by atoms with Crippen molar-refractivity contribution in [3.63, 3.8) is 0 Å². The maximum absolute atomic E-state index is 12.4. The lowest BCUT2D eigenvalue weighted by Gasteiger charge is -2.28. The molecule has 1 N–H and O–H groups in total. The summed E-state index contributed by atoms with van der Waals surface area (Å²) in [6.07, 6.45) is 3.82. The summed E-state index contributed by atoms with van der Waals surface area (Å²) in [7, 11) is 0. The smallest absolute Gasteiger partial charge is 0.222 e. The summed E-state index contributed by atoms with van der Waals surface area (Å²) in [6.45, 7) is 10.2. The molecule has 1 aromatic rings. The maximum atomic E-state index is 12.4. The van der Waals surface area contributed by atoms with Gasteiger partial charge < -0.3 is 10.2 Å². The van der Waals surface area contributed by atoms with E-state index in [0.29, 0.717) is 18.2 Å². The molecule has 0 saturated carbocycles. The summed E-state index contributed by atoms with van der Waals surface area (Å²) in [6, 6.07) is 6.84. The molecule has 1 aliphatic heterocycles. The van der Waals surface area contributed by atoms with Gasteiger partial charge in [-0.25, -0.2) is 0 Å². The summed E-state index contributed by atoms with van der Waals surface area (Å²) in [4.78, 5) is 14.4. The van der Waals surface area contributed by atoms with Crippen LogP contribution in [0.1, 0.15) is 43.9 Å². The second-order valence-electron chi connectivity index (χ2n) is 6.45. The van der Waals surface area contributed by atoms with Crippen LogP contribution in [0.4, 0.5) is 0 Å². The van der Waals surface area contributed by atoms with Gasteiger partial charge in [0.05, 0.1) is 0 Å². The molecule has 1 fully saturated rings. The molecule has 3 heteroatoms. The number of hydrogen-bond acceptors (Lipinski definition) is 2. The lowest BCUT2D eigenvalue weighted by molar-refractivity contribution is -0.132. The second-order valence-corrected chi connectivity index (χ2v) is 6.45. The first kappa shape index (κ1) is 17.0. The molecule has 0 spiro atoms. The third kappa shape index (κ3) is 4.57. The minimum absolute atomic E-state index is 0.318. The molecule has 3 nitrogen and oxygen atoms in total. The van der Waals surface area contributed by atoms with Crippen molar-refractivity contribution < 1.29 is 4.79 Å². The van der Waals surface area contributed by atoms with E-state index in [4.69, 9.17) is 0 Å². The first-order chi connectivity index (χ1) is 10.6. The fraction of sp³-hybridized carbons (Fsp3) is 0.632. The zero-order valence-electron chi connectivity index (χ0n) is 14.3. The van der Waals surface area contributed by atoms with Crippen LogP contribution in [0.15, 0.2) is 18.2 Å². The third-order valence-electron chi connectivity index (χ3n) is 4.62. The van der Waals surface area contributed by atoms with Crippen LogP contribution in [0, 0.1) is 5.92 Å². The van der Waals surface area contributed by atoms with Gasteiger partial charge in [0.15, 0.2) is 0 Å². The van der Waals surface area contributed by atoms with Gasteiger partial charge in [-0.1, -0.05) is 39.0 Å². The van der Waals surface area contributed by atoms with E-state index in [1.807, 2.05) is 4.90 Å². The average molecular weight is 302 g/mol. The molecule has 22 heavy (non-hydrogen) atoms. The van der Waals surface area contributed by atoms with Crippen LogP contribution in [0.25, 0.3) is 0 Å². The number of piperazine rings is 1. The Hall–Kier alpha value is -1.35. The number of aryl methyl sites for hydroxylation is 2. The van der Waals surface area contributed by atoms with Gasteiger partial charge >= 0.3 is 0 Å². The highest BCUT2D eigenvalue weighted by Crippen LogP contribution is 2.20. The first-order valence-electron chi connectivity index (χ1n) is 8.73. The number of carbonyl (C=O) groups is 1. The zero-order chi connectivity index (χ0) is 15.9. The van der Waals surface area contributed by atoms with Crippen LogP contribution < -0.4 is 5.32 Å². The average Bonchev–Trinajstić information content (AvgIpc) is 2.55. The molecular formula is C19H30N2O. The van der Waals surface area contributed by atoms with Crippen LogP contribution in [0.5, 0.6) is 0 Å². The molecular weight excluding hydrogens is 272 g/mol. The van der Waals surface area contributed by atoms with Crippen molar-refractivity contribution in [3.05, 3.63) is 34.9 Å². The second kappa shape index (κ2) is 8.33. The van der Waals surface area contributed by atoms with Crippen molar-refractivity contribution in [1.29, 1.82) is 0 Å². The third-order valence-corrected chi connectivity index (χ3v) is 4.62. The van der Waals surface area contributed by atoms with Crippen LogP contribution in [0.3, 0.4) is 0 Å². The normalized spacial score (nSPS) is 16.6. The highest BCUT2D eigenvalue weighted by Gasteiger charge is 2.19. The lowest BCUT2D eigenvalue weighted by atomic mass is 9.91. The maximum Gasteiger partial charge on any atom is 0.222 e. The molecule has 1 atom stereocenters.